The summed E-state index contributed by atoms with van der Waals surface area (Å²) in [5.74, 6) is 0.681. The monoisotopic (exact) mass is 282 g/mol. The molecule has 2 atom stereocenters. The lowest BCUT2D eigenvalue weighted by molar-refractivity contribution is 0.0484. The van der Waals surface area contributed by atoms with Gasteiger partial charge >= 0.3 is 0 Å². The Morgan fingerprint density at radius 2 is 2.17 bits per heavy atom. The average Bonchev–Trinajstić information content (AvgIpc) is 2.81. The lowest BCUT2D eigenvalue weighted by atomic mass is 10.1. The zero-order chi connectivity index (χ0) is 13.0. The summed E-state index contributed by atoms with van der Waals surface area (Å²) in [6.45, 7) is 1.86. The van der Waals surface area contributed by atoms with Crippen molar-refractivity contribution in [3.8, 4) is 5.75 Å². The molecule has 2 nitrogen and oxygen atoms in total. The number of benzene rings is 1. The van der Waals surface area contributed by atoms with Crippen LogP contribution >= 0.6 is 22.9 Å². The third-order valence-corrected chi connectivity index (χ3v) is 3.78. The third kappa shape index (κ3) is 3.73. The topological polar surface area (TPSA) is 29.5 Å². The molecule has 1 aromatic heterocycles. The van der Waals surface area contributed by atoms with E-state index in [2.05, 4.69) is 0 Å². The molecule has 18 heavy (non-hydrogen) atoms. The van der Waals surface area contributed by atoms with Crippen molar-refractivity contribution in [2.75, 3.05) is 0 Å². The van der Waals surface area contributed by atoms with Gasteiger partial charge in [-0.2, -0.15) is 0 Å². The normalized spacial score (nSPS) is 14.2. The first-order valence-corrected chi connectivity index (χ1v) is 7.03. The van der Waals surface area contributed by atoms with E-state index in [1.807, 2.05) is 36.6 Å². The Morgan fingerprint density at radius 3 is 2.83 bits per heavy atom. The summed E-state index contributed by atoms with van der Waals surface area (Å²) < 4.78 is 5.68. The first-order chi connectivity index (χ1) is 8.65. The highest BCUT2D eigenvalue weighted by molar-refractivity contribution is 7.09. The molecule has 0 aliphatic heterocycles. The molecule has 2 rings (SSSR count). The maximum absolute atomic E-state index is 10.1. The minimum atomic E-state index is -0.525. The molecule has 1 heterocycles. The Hall–Kier alpha value is -1.03. The van der Waals surface area contributed by atoms with E-state index < -0.39 is 6.10 Å². The number of hydrogen-bond acceptors (Lipinski definition) is 3. The van der Waals surface area contributed by atoms with Crippen LogP contribution in [0.4, 0.5) is 0 Å². The van der Waals surface area contributed by atoms with Gasteiger partial charge < -0.3 is 9.84 Å². The fraction of sp³-hybridized carbons (Fsp3) is 0.286. The van der Waals surface area contributed by atoms with Crippen molar-refractivity contribution in [1.29, 1.82) is 0 Å². The largest absolute Gasteiger partial charge is 0.488 e. The predicted octanol–water partition coefficient (Wildman–Crippen LogP) is 3.77. The molecular formula is C14H15ClO2S. The van der Waals surface area contributed by atoms with Crippen molar-refractivity contribution in [3.63, 3.8) is 0 Å². The Kier molecular flexibility index (Phi) is 4.64. The lowest BCUT2D eigenvalue weighted by Gasteiger charge is -2.20. The quantitative estimate of drug-likeness (QED) is 0.904. The molecule has 2 aromatic rings. The van der Waals surface area contributed by atoms with Crippen LogP contribution in [0.15, 0.2) is 41.8 Å². The zero-order valence-electron chi connectivity index (χ0n) is 10.0. The molecule has 0 aliphatic rings. The Balaban J connectivity index is 1.93. The van der Waals surface area contributed by atoms with Crippen LogP contribution in [0, 0.1) is 0 Å². The number of ether oxygens (including phenoxy) is 1. The predicted molar refractivity (Wildman–Crippen MR) is 75.6 cm³/mol. The smallest absolute Gasteiger partial charge is 0.122 e. The van der Waals surface area contributed by atoms with Gasteiger partial charge in [-0.1, -0.05) is 23.7 Å². The molecule has 0 saturated heterocycles. The highest BCUT2D eigenvalue weighted by atomic mass is 35.5. The van der Waals surface area contributed by atoms with Gasteiger partial charge in [-0.05, 0) is 36.6 Å². The first kappa shape index (κ1) is 13.4. The fourth-order valence-electron chi connectivity index (χ4n) is 1.63. The van der Waals surface area contributed by atoms with E-state index in [9.17, 15) is 5.11 Å². The molecule has 4 heteroatoms. The molecule has 0 amide bonds. The SMILES string of the molecule is CC(Oc1cccc(Cl)c1)C(O)Cc1cccs1. The van der Waals surface area contributed by atoms with Crippen LogP contribution in [0.3, 0.4) is 0 Å². The van der Waals surface area contributed by atoms with Crippen molar-refractivity contribution >= 4 is 22.9 Å². The molecular weight excluding hydrogens is 268 g/mol. The van der Waals surface area contributed by atoms with Gasteiger partial charge in [0, 0.05) is 16.3 Å². The van der Waals surface area contributed by atoms with E-state index in [1.54, 1.807) is 23.5 Å². The second-order valence-electron chi connectivity index (χ2n) is 4.13. The summed E-state index contributed by atoms with van der Waals surface area (Å²) in [5, 5.41) is 12.7. The van der Waals surface area contributed by atoms with Crippen molar-refractivity contribution in [2.24, 2.45) is 0 Å². The van der Waals surface area contributed by atoms with E-state index in [0.717, 1.165) is 4.88 Å². The van der Waals surface area contributed by atoms with E-state index in [4.69, 9.17) is 16.3 Å². The van der Waals surface area contributed by atoms with E-state index >= 15 is 0 Å². The van der Waals surface area contributed by atoms with Crippen LogP contribution in [0.25, 0.3) is 0 Å². The summed E-state index contributed by atoms with van der Waals surface area (Å²) in [6.07, 6.45) is -0.187. The van der Waals surface area contributed by atoms with Crippen molar-refractivity contribution < 1.29 is 9.84 Å². The van der Waals surface area contributed by atoms with Crippen LogP contribution in [0.2, 0.25) is 5.02 Å². The molecule has 0 saturated carbocycles. The van der Waals surface area contributed by atoms with Crippen LogP contribution in [0.5, 0.6) is 5.75 Å². The number of hydrogen-bond donors (Lipinski definition) is 1. The van der Waals surface area contributed by atoms with Crippen LogP contribution in [0.1, 0.15) is 11.8 Å². The molecule has 0 radical (unpaired) electrons. The minimum Gasteiger partial charge on any atom is -0.488 e. The Bertz CT molecular complexity index is 484. The van der Waals surface area contributed by atoms with Gasteiger partial charge in [-0.25, -0.2) is 0 Å². The highest BCUT2D eigenvalue weighted by Crippen LogP contribution is 2.20. The molecule has 2 unspecified atom stereocenters. The standard InChI is InChI=1S/C14H15ClO2S/c1-10(14(16)9-13-6-3-7-18-13)17-12-5-2-4-11(15)8-12/h2-8,10,14,16H,9H2,1H3. The van der Waals surface area contributed by atoms with Crippen molar-refractivity contribution in [3.05, 3.63) is 51.7 Å². The molecule has 1 N–H and O–H groups in total. The number of thiophene rings is 1. The average molecular weight is 283 g/mol. The highest BCUT2D eigenvalue weighted by Gasteiger charge is 2.17. The summed E-state index contributed by atoms with van der Waals surface area (Å²) in [4.78, 5) is 1.16. The molecule has 96 valence electrons. The van der Waals surface area contributed by atoms with Gasteiger partial charge in [-0.3, -0.25) is 0 Å². The second kappa shape index (κ2) is 6.23. The zero-order valence-corrected chi connectivity index (χ0v) is 11.6. The number of halogens is 1. The Labute approximate surface area is 116 Å². The van der Waals surface area contributed by atoms with Gasteiger partial charge in [0.25, 0.3) is 0 Å². The number of aliphatic hydroxyl groups is 1. The molecule has 0 aliphatic carbocycles. The fourth-order valence-corrected chi connectivity index (χ4v) is 2.57. The molecule has 0 spiro atoms. The van der Waals surface area contributed by atoms with Crippen LogP contribution in [-0.2, 0) is 6.42 Å². The molecule has 0 bridgehead atoms. The van der Waals surface area contributed by atoms with E-state index in [1.165, 1.54) is 0 Å². The van der Waals surface area contributed by atoms with E-state index in [-0.39, 0.29) is 6.10 Å². The van der Waals surface area contributed by atoms with E-state index in [0.29, 0.717) is 17.2 Å². The summed E-state index contributed by atoms with van der Waals surface area (Å²) in [7, 11) is 0. The second-order valence-corrected chi connectivity index (χ2v) is 5.60. The Morgan fingerprint density at radius 1 is 1.33 bits per heavy atom. The van der Waals surface area contributed by atoms with Gasteiger partial charge in [-0.15, -0.1) is 11.3 Å². The van der Waals surface area contributed by atoms with Gasteiger partial charge in [0.1, 0.15) is 11.9 Å². The number of aliphatic hydroxyl groups excluding tert-OH is 1. The van der Waals surface area contributed by atoms with Crippen molar-refractivity contribution in [1.82, 2.24) is 0 Å². The van der Waals surface area contributed by atoms with Crippen LogP contribution < -0.4 is 4.74 Å². The van der Waals surface area contributed by atoms with Crippen molar-refractivity contribution in [2.45, 2.75) is 25.6 Å². The number of rotatable bonds is 5. The summed E-state index contributed by atoms with van der Waals surface area (Å²) >= 11 is 7.52. The maximum atomic E-state index is 10.1. The van der Waals surface area contributed by atoms with Crippen LogP contribution in [-0.4, -0.2) is 17.3 Å². The minimum absolute atomic E-state index is 0.273. The van der Waals surface area contributed by atoms with Gasteiger partial charge in [0.15, 0.2) is 0 Å². The molecule has 0 fully saturated rings. The third-order valence-electron chi connectivity index (χ3n) is 2.65. The maximum Gasteiger partial charge on any atom is 0.122 e. The van der Waals surface area contributed by atoms with Gasteiger partial charge in [0.05, 0.1) is 6.10 Å². The van der Waals surface area contributed by atoms with Gasteiger partial charge in [0.2, 0.25) is 0 Å². The lowest BCUT2D eigenvalue weighted by Crippen LogP contribution is -2.30. The summed E-state index contributed by atoms with van der Waals surface area (Å²) in [5.41, 5.74) is 0. The molecule has 1 aromatic carbocycles. The summed E-state index contributed by atoms with van der Waals surface area (Å²) in [6, 6.07) is 11.2. The first-order valence-electron chi connectivity index (χ1n) is 5.78.